The van der Waals surface area contributed by atoms with Crippen LogP contribution in [0.15, 0.2) is 0 Å². The van der Waals surface area contributed by atoms with Gasteiger partial charge >= 0.3 is 0 Å². The lowest BCUT2D eigenvalue weighted by atomic mass is 10.1. The fourth-order valence-electron chi connectivity index (χ4n) is 2.20. The summed E-state index contributed by atoms with van der Waals surface area (Å²) in [5.41, 5.74) is 8.26. The van der Waals surface area contributed by atoms with Crippen LogP contribution in [-0.2, 0) is 19.3 Å². The summed E-state index contributed by atoms with van der Waals surface area (Å²) in [6, 6.07) is 0. The molecule has 3 N–H and O–H groups in total. The van der Waals surface area contributed by atoms with Crippen LogP contribution in [0.25, 0.3) is 0 Å². The van der Waals surface area contributed by atoms with Crippen molar-refractivity contribution in [2.75, 3.05) is 12.3 Å². The highest BCUT2D eigenvalue weighted by molar-refractivity contribution is 5.43. The second-order valence-corrected chi connectivity index (χ2v) is 4.34. The SMILES string of the molecule is Nc1nc(CCCO)nc2c1CCCCC2. The van der Waals surface area contributed by atoms with Gasteiger partial charge < -0.3 is 10.8 Å². The molecule has 1 aliphatic rings. The average molecular weight is 221 g/mol. The second kappa shape index (κ2) is 5.25. The lowest BCUT2D eigenvalue weighted by molar-refractivity contribution is 0.287. The van der Waals surface area contributed by atoms with Crippen molar-refractivity contribution < 1.29 is 5.11 Å². The molecular weight excluding hydrogens is 202 g/mol. The van der Waals surface area contributed by atoms with Gasteiger partial charge in [-0.3, -0.25) is 0 Å². The van der Waals surface area contributed by atoms with E-state index in [9.17, 15) is 0 Å². The van der Waals surface area contributed by atoms with Gasteiger partial charge in [0.1, 0.15) is 11.6 Å². The van der Waals surface area contributed by atoms with Crippen molar-refractivity contribution in [2.45, 2.75) is 44.9 Å². The number of nitrogen functional groups attached to an aromatic ring is 1. The Kier molecular flexibility index (Phi) is 3.72. The third-order valence-electron chi connectivity index (χ3n) is 3.07. The Morgan fingerprint density at radius 3 is 2.75 bits per heavy atom. The number of hydrogen-bond donors (Lipinski definition) is 2. The van der Waals surface area contributed by atoms with Crippen LogP contribution in [-0.4, -0.2) is 21.7 Å². The van der Waals surface area contributed by atoms with Gasteiger partial charge in [0.25, 0.3) is 0 Å². The summed E-state index contributed by atoms with van der Waals surface area (Å²) in [5, 5.41) is 8.79. The van der Waals surface area contributed by atoms with Crippen molar-refractivity contribution in [1.82, 2.24) is 9.97 Å². The fourth-order valence-corrected chi connectivity index (χ4v) is 2.20. The molecule has 4 heteroatoms. The molecule has 0 fully saturated rings. The summed E-state index contributed by atoms with van der Waals surface area (Å²) >= 11 is 0. The highest BCUT2D eigenvalue weighted by Gasteiger charge is 2.14. The summed E-state index contributed by atoms with van der Waals surface area (Å²) in [7, 11) is 0. The zero-order chi connectivity index (χ0) is 11.4. The molecule has 0 radical (unpaired) electrons. The topological polar surface area (TPSA) is 72.0 Å². The number of aromatic nitrogens is 2. The molecule has 0 atom stereocenters. The van der Waals surface area contributed by atoms with E-state index in [1.807, 2.05) is 0 Å². The van der Waals surface area contributed by atoms with E-state index in [0.29, 0.717) is 18.7 Å². The number of aliphatic hydroxyl groups excluding tert-OH is 1. The molecule has 16 heavy (non-hydrogen) atoms. The Labute approximate surface area is 95.9 Å². The highest BCUT2D eigenvalue weighted by atomic mass is 16.2. The summed E-state index contributed by atoms with van der Waals surface area (Å²) < 4.78 is 0. The molecule has 0 bridgehead atoms. The molecule has 2 rings (SSSR count). The van der Waals surface area contributed by atoms with Crippen LogP contribution >= 0.6 is 0 Å². The van der Waals surface area contributed by atoms with Crippen molar-refractivity contribution >= 4 is 5.82 Å². The maximum absolute atomic E-state index is 8.79. The standard InChI is InChI=1S/C12H19N3O/c13-12-9-5-2-1-3-6-10(9)14-11(15-12)7-4-8-16/h16H,1-8H2,(H2,13,14,15). The van der Waals surface area contributed by atoms with Crippen molar-refractivity contribution in [3.63, 3.8) is 0 Å². The van der Waals surface area contributed by atoms with Gasteiger partial charge in [-0.05, 0) is 32.1 Å². The lowest BCUT2D eigenvalue weighted by Gasteiger charge is -2.09. The van der Waals surface area contributed by atoms with Gasteiger partial charge in [-0.25, -0.2) is 9.97 Å². The molecule has 0 aromatic carbocycles. The van der Waals surface area contributed by atoms with Crippen LogP contribution in [0.3, 0.4) is 0 Å². The first kappa shape index (κ1) is 11.3. The normalized spacial score (nSPS) is 15.6. The maximum Gasteiger partial charge on any atom is 0.131 e. The van der Waals surface area contributed by atoms with Gasteiger partial charge in [0, 0.05) is 24.3 Å². The quantitative estimate of drug-likeness (QED) is 0.754. The molecule has 1 heterocycles. The molecule has 88 valence electrons. The van der Waals surface area contributed by atoms with E-state index in [2.05, 4.69) is 9.97 Å². The summed E-state index contributed by atoms with van der Waals surface area (Å²) in [6.45, 7) is 0.181. The minimum Gasteiger partial charge on any atom is -0.396 e. The molecule has 0 aliphatic heterocycles. The number of aryl methyl sites for hydroxylation is 2. The number of rotatable bonds is 3. The minimum absolute atomic E-state index is 0.181. The number of nitrogens with two attached hydrogens (primary N) is 1. The first-order valence-corrected chi connectivity index (χ1v) is 6.06. The van der Waals surface area contributed by atoms with Crippen LogP contribution in [0, 0.1) is 0 Å². The van der Waals surface area contributed by atoms with Crippen LogP contribution in [0.5, 0.6) is 0 Å². The number of nitrogens with zero attached hydrogens (tertiary/aromatic N) is 2. The first-order valence-electron chi connectivity index (χ1n) is 6.06. The first-order chi connectivity index (χ1) is 7.81. The number of anilines is 1. The van der Waals surface area contributed by atoms with E-state index in [1.165, 1.54) is 19.3 Å². The van der Waals surface area contributed by atoms with Crippen molar-refractivity contribution in [3.8, 4) is 0 Å². The molecule has 0 spiro atoms. The van der Waals surface area contributed by atoms with Gasteiger partial charge in [-0.1, -0.05) is 6.42 Å². The van der Waals surface area contributed by atoms with E-state index < -0.39 is 0 Å². The number of aliphatic hydroxyl groups is 1. The third kappa shape index (κ3) is 2.50. The zero-order valence-electron chi connectivity index (χ0n) is 9.58. The average Bonchev–Trinajstić information content (AvgIpc) is 2.51. The zero-order valence-corrected chi connectivity index (χ0v) is 9.58. The van der Waals surface area contributed by atoms with E-state index in [4.69, 9.17) is 10.8 Å². The fraction of sp³-hybridized carbons (Fsp3) is 0.667. The second-order valence-electron chi connectivity index (χ2n) is 4.34. The molecule has 1 aromatic heterocycles. The predicted octanol–water partition coefficient (Wildman–Crippen LogP) is 1.25. The molecule has 0 saturated carbocycles. The smallest absolute Gasteiger partial charge is 0.131 e. The van der Waals surface area contributed by atoms with Gasteiger partial charge in [0.05, 0.1) is 0 Å². The van der Waals surface area contributed by atoms with Gasteiger partial charge in [-0.2, -0.15) is 0 Å². The van der Waals surface area contributed by atoms with Gasteiger partial charge in [0.15, 0.2) is 0 Å². The highest BCUT2D eigenvalue weighted by Crippen LogP contribution is 2.23. The predicted molar refractivity (Wildman–Crippen MR) is 63.1 cm³/mol. The van der Waals surface area contributed by atoms with Crippen LogP contribution in [0.4, 0.5) is 5.82 Å². The third-order valence-corrected chi connectivity index (χ3v) is 3.07. The maximum atomic E-state index is 8.79. The van der Waals surface area contributed by atoms with Crippen LogP contribution in [0.2, 0.25) is 0 Å². The van der Waals surface area contributed by atoms with E-state index in [-0.39, 0.29) is 6.61 Å². The molecular formula is C12H19N3O. The Morgan fingerprint density at radius 2 is 1.94 bits per heavy atom. The Hall–Kier alpha value is -1.16. The van der Waals surface area contributed by atoms with Crippen molar-refractivity contribution in [3.05, 3.63) is 17.1 Å². The summed E-state index contributed by atoms with van der Waals surface area (Å²) in [5.74, 6) is 1.44. The van der Waals surface area contributed by atoms with Crippen LogP contribution in [0.1, 0.15) is 42.8 Å². The Balaban J connectivity index is 2.24. The molecule has 1 aliphatic carbocycles. The Bertz CT molecular complexity index is 366. The molecule has 0 unspecified atom stereocenters. The molecule has 1 aromatic rings. The van der Waals surface area contributed by atoms with E-state index >= 15 is 0 Å². The van der Waals surface area contributed by atoms with E-state index in [0.717, 1.165) is 29.9 Å². The van der Waals surface area contributed by atoms with Crippen molar-refractivity contribution in [2.24, 2.45) is 0 Å². The van der Waals surface area contributed by atoms with E-state index in [1.54, 1.807) is 0 Å². The molecule has 0 saturated heterocycles. The van der Waals surface area contributed by atoms with Gasteiger partial charge in [-0.15, -0.1) is 0 Å². The monoisotopic (exact) mass is 221 g/mol. The van der Waals surface area contributed by atoms with Gasteiger partial charge in [0.2, 0.25) is 0 Å². The molecule has 0 amide bonds. The number of fused-ring (bicyclic) bond motifs is 1. The Morgan fingerprint density at radius 1 is 1.12 bits per heavy atom. The summed E-state index contributed by atoms with van der Waals surface area (Å²) in [4.78, 5) is 8.89. The van der Waals surface area contributed by atoms with Crippen LogP contribution < -0.4 is 5.73 Å². The minimum atomic E-state index is 0.181. The summed E-state index contributed by atoms with van der Waals surface area (Å²) in [6.07, 6.45) is 7.10. The molecule has 4 nitrogen and oxygen atoms in total. The largest absolute Gasteiger partial charge is 0.396 e. The lowest BCUT2D eigenvalue weighted by Crippen LogP contribution is -2.09. The number of hydrogen-bond acceptors (Lipinski definition) is 4. The van der Waals surface area contributed by atoms with Crippen molar-refractivity contribution in [1.29, 1.82) is 0 Å².